The van der Waals surface area contributed by atoms with Crippen LogP contribution < -0.4 is 21.7 Å². The van der Waals surface area contributed by atoms with Crippen LogP contribution in [0.2, 0.25) is 19.6 Å². The molecule has 0 aromatic heterocycles. The first-order valence-corrected chi connectivity index (χ1v) is 16.1. The zero-order valence-corrected chi connectivity index (χ0v) is 24.7. The molecule has 2 aliphatic rings. The van der Waals surface area contributed by atoms with Crippen LogP contribution in [0.5, 0.6) is 0 Å². The van der Waals surface area contributed by atoms with Gasteiger partial charge in [-0.3, -0.25) is 14.4 Å². The molecule has 2 aromatic carbocycles. The maximum absolute atomic E-state index is 13.8. The third kappa shape index (κ3) is 11.8. The Bertz CT molecular complexity index is 1490. The first-order chi connectivity index (χ1) is 20.7. The molecule has 2 amide bonds. The van der Waals surface area contributed by atoms with Crippen molar-refractivity contribution in [1.29, 1.82) is 10.5 Å². The molecule has 0 radical (unpaired) electrons. The molecule has 0 heterocycles. The predicted molar refractivity (Wildman–Crippen MR) is 158 cm³/mol. The Labute approximate surface area is 246 Å². The standard InChI is InChI=1S/C13H14FN3O.C8H9FN2O.C4H9NSi.C4H6O/c1-16-12(18)10-4-3-9(7-11(10)14)17-13(8-15)5-2-6-13;1-11-8(12)6-3-2-5(10)4-7(6)9;1-6(2,3)4-5;5-4-2-1-3-4/h3-4,7,17H,2,5-6H2,1H3,(H,16,18);2-4H,10H2,1H3,(H,11,12);1-3H3;1-3H2/i5D2;;;2D2. The Morgan fingerprint density at radius 3 is 1.80 bits per heavy atom. The van der Waals surface area contributed by atoms with Crippen molar-refractivity contribution in [3.63, 3.8) is 0 Å². The first-order valence-electron chi connectivity index (χ1n) is 14.6. The Morgan fingerprint density at radius 2 is 1.51 bits per heavy atom. The van der Waals surface area contributed by atoms with Crippen molar-refractivity contribution in [3.05, 3.63) is 59.2 Å². The summed E-state index contributed by atoms with van der Waals surface area (Å²) in [5.74, 6) is -2.56. The molecular formula is C29H38F2N6O3Si. The van der Waals surface area contributed by atoms with Gasteiger partial charge >= 0.3 is 0 Å². The summed E-state index contributed by atoms with van der Waals surface area (Å²) in [6.45, 7) is 6.06. The van der Waals surface area contributed by atoms with E-state index in [2.05, 4.69) is 21.6 Å². The van der Waals surface area contributed by atoms with Crippen molar-refractivity contribution < 1.29 is 28.6 Å². The smallest absolute Gasteiger partial charge is 0.253 e. The van der Waals surface area contributed by atoms with Crippen LogP contribution in [0.25, 0.3) is 0 Å². The summed E-state index contributed by atoms with van der Waals surface area (Å²) in [4.78, 5) is 32.5. The molecule has 0 aliphatic heterocycles. The minimum atomic E-state index is -1.66. The lowest BCUT2D eigenvalue weighted by molar-refractivity contribution is -0.123. The highest BCUT2D eigenvalue weighted by Gasteiger charge is 2.37. The number of hydrogen-bond donors (Lipinski definition) is 4. The van der Waals surface area contributed by atoms with Gasteiger partial charge < -0.3 is 21.7 Å². The highest BCUT2D eigenvalue weighted by atomic mass is 28.3. The number of carbonyl (C=O) groups is 3. The fourth-order valence-corrected chi connectivity index (χ4v) is 2.84. The Kier molecular flexibility index (Phi) is 11.1. The van der Waals surface area contributed by atoms with Crippen LogP contribution in [0.15, 0.2) is 36.4 Å². The molecule has 0 spiro atoms. The SMILES string of the molecule is CNC(=O)c1ccc(N)cc1F.C[Si](C)(C)C#N.[2H]C1([2H])CCC1(C#N)Nc1ccc(C(=O)NC)c(F)c1.[2H]C1([2H])CCC1=O. The second-order valence-electron chi connectivity index (χ2n) is 9.87. The van der Waals surface area contributed by atoms with Gasteiger partial charge in [-0.05, 0) is 62.0 Å². The number of Topliss-reactive ketones (excluding diaryl/α,β-unsaturated/α-hetero) is 1. The number of rotatable bonds is 4. The number of nitriles is 2. The van der Waals surface area contributed by atoms with E-state index in [1.165, 1.54) is 38.4 Å². The molecule has 2 fully saturated rings. The average molecular weight is 589 g/mol. The lowest BCUT2D eigenvalue weighted by Gasteiger charge is -2.36. The molecule has 1 atom stereocenters. The number of carbonyl (C=O) groups excluding carboxylic acids is 3. The highest BCUT2D eigenvalue weighted by molar-refractivity contribution is 6.83. The number of halogens is 2. The molecular weight excluding hydrogens is 546 g/mol. The van der Waals surface area contributed by atoms with E-state index in [0.717, 1.165) is 12.1 Å². The van der Waals surface area contributed by atoms with Crippen molar-refractivity contribution in [2.24, 2.45) is 0 Å². The Hall–Kier alpha value is -4.29. The summed E-state index contributed by atoms with van der Waals surface area (Å²) >= 11 is 0. The molecule has 4 rings (SSSR count). The summed E-state index contributed by atoms with van der Waals surface area (Å²) in [6.07, 6.45) is -1.61. The van der Waals surface area contributed by atoms with Crippen molar-refractivity contribution in [1.82, 2.24) is 10.6 Å². The maximum atomic E-state index is 13.8. The minimum Gasteiger partial charge on any atom is -0.399 e. The minimum absolute atomic E-state index is 0.00620. The summed E-state index contributed by atoms with van der Waals surface area (Å²) in [5.41, 5.74) is 6.69. The van der Waals surface area contributed by atoms with Crippen LogP contribution in [-0.2, 0) is 4.79 Å². The van der Waals surface area contributed by atoms with Gasteiger partial charge in [0.2, 0.25) is 0 Å². The quantitative estimate of drug-likeness (QED) is 0.291. The number of benzene rings is 2. The van der Waals surface area contributed by atoms with Crippen LogP contribution in [0.3, 0.4) is 0 Å². The van der Waals surface area contributed by atoms with E-state index < -0.39 is 49.8 Å². The van der Waals surface area contributed by atoms with Crippen LogP contribution in [-0.4, -0.2) is 45.3 Å². The number of nitrogens with zero attached hydrogens (tertiary/aromatic N) is 2. The monoisotopic (exact) mass is 588 g/mol. The van der Waals surface area contributed by atoms with E-state index in [0.29, 0.717) is 24.9 Å². The fraction of sp³-hybridized carbons (Fsp3) is 0.414. The van der Waals surface area contributed by atoms with E-state index >= 15 is 0 Å². The number of nitrogens with one attached hydrogen (secondary N) is 3. The van der Waals surface area contributed by atoms with E-state index in [4.69, 9.17) is 16.5 Å². The van der Waals surface area contributed by atoms with Crippen molar-refractivity contribution in [3.8, 4) is 11.8 Å². The molecule has 5 N–H and O–H groups in total. The third-order valence-corrected chi connectivity index (χ3v) is 6.06. The lowest BCUT2D eigenvalue weighted by atomic mass is 9.78. The van der Waals surface area contributed by atoms with Crippen LogP contribution in [0, 0.1) is 33.9 Å². The van der Waals surface area contributed by atoms with Crippen molar-refractivity contribution in [2.45, 2.75) is 63.6 Å². The van der Waals surface area contributed by atoms with Gasteiger partial charge in [0, 0.05) is 49.4 Å². The lowest BCUT2D eigenvalue weighted by Crippen LogP contribution is -2.43. The van der Waals surface area contributed by atoms with Crippen molar-refractivity contribution >= 4 is 37.0 Å². The van der Waals surface area contributed by atoms with Crippen LogP contribution >= 0.6 is 0 Å². The largest absolute Gasteiger partial charge is 0.399 e. The molecule has 0 bridgehead atoms. The molecule has 9 nitrogen and oxygen atoms in total. The van der Waals surface area contributed by atoms with E-state index in [1.54, 1.807) is 0 Å². The van der Waals surface area contributed by atoms with Gasteiger partial charge in [-0.15, -0.1) is 0 Å². The van der Waals surface area contributed by atoms with Crippen LogP contribution in [0.4, 0.5) is 20.2 Å². The number of hydrogen-bond acceptors (Lipinski definition) is 7. The third-order valence-electron chi connectivity index (χ3n) is 5.39. The Morgan fingerprint density at radius 1 is 1.00 bits per heavy atom. The molecule has 2 saturated carbocycles. The molecule has 12 heteroatoms. The summed E-state index contributed by atoms with van der Waals surface area (Å²) in [7, 11) is 1.52. The molecule has 2 aromatic rings. The second-order valence-corrected chi connectivity index (χ2v) is 14.6. The van der Waals surface area contributed by atoms with Gasteiger partial charge in [0.05, 0.1) is 17.2 Å². The maximum Gasteiger partial charge on any atom is 0.253 e. The van der Waals surface area contributed by atoms with E-state index in [9.17, 15) is 28.4 Å². The van der Waals surface area contributed by atoms with Crippen molar-refractivity contribution in [2.75, 3.05) is 25.1 Å². The van der Waals surface area contributed by atoms with E-state index in [-0.39, 0.29) is 29.0 Å². The molecule has 2 aliphatic carbocycles. The molecule has 1 unspecified atom stereocenters. The number of amides is 2. The zero-order chi connectivity index (χ0) is 34.8. The molecule has 0 saturated heterocycles. The van der Waals surface area contributed by atoms with Gasteiger partial charge in [-0.2, -0.15) is 5.26 Å². The topological polar surface area (TPSA) is 161 Å². The second kappa shape index (κ2) is 16.1. The molecule has 220 valence electrons. The first kappa shape index (κ1) is 28.2. The van der Waals surface area contributed by atoms with Gasteiger partial charge in [0.25, 0.3) is 11.8 Å². The fourth-order valence-electron chi connectivity index (χ4n) is 2.84. The summed E-state index contributed by atoms with van der Waals surface area (Å²) in [6, 6.07) is 9.74. The van der Waals surface area contributed by atoms with Crippen LogP contribution in [0.1, 0.15) is 64.6 Å². The van der Waals surface area contributed by atoms with Gasteiger partial charge in [-0.25, -0.2) is 14.0 Å². The summed E-state index contributed by atoms with van der Waals surface area (Å²) < 4.78 is 55.8. The van der Waals surface area contributed by atoms with E-state index in [1.807, 2.05) is 25.7 Å². The number of nitrogens with two attached hydrogens (primary N) is 1. The normalized spacial score (nSPS) is 20.4. The average Bonchev–Trinajstić information content (AvgIpc) is 2.98. The highest BCUT2D eigenvalue weighted by Crippen LogP contribution is 2.34. The molecule has 41 heavy (non-hydrogen) atoms. The van der Waals surface area contributed by atoms with Gasteiger partial charge in [-0.1, -0.05) is 19.6 Å². The predicted octanol–water partition coefficient (Wildman–Crippen LogP) is 4.94. The summed E-state index contributed by atoms with van der Waals surface area (Å²) in [5, 5.41) is 24.8. The number of nitrogen functional groups attached to an aromatic ring is 1. The number of ketones is 1. The van der Waals surface area contributed by atoms with Gasteiger partial charge in [0.1, 0.15) is 23.0 Å². The zero-order valence-electron chi connectivity index (χ0n) is 27.7. The Balaban J connectivity index is 0.000000341. The van der Waals surface area contributed by atoms with Gasteiger partial charge in [0.15, 0.2) is 8.07 Å². The number of anilines is 2.